The van der Waals surface area contributed by atoms with E-state index in [9.17, 15) is 74.6 Å². The molecule has 121 heavy (non-hydrogen) atoms. The highest BCUT2D eigenvalue weighted by Crippen LogP contribution is 2.49. The van der Waals surface area contributed by atoms with Crippen LogP contribution in [0.3, 0.4) is 0 Å². The van der Waals surface area contributed by atoms with E-state index in [0.29, 0.717) is 38.0 Å². The van der Waals surface area contributed by atoms with Gasteiger partial charge in [0.25, 0.3) is 0 Å². The van der Waals surface area contributed by atoms with E-state index >= 15 is 0 Å². The molecule has 2 heterocycles. The van der Waals surface area contributed by atoms with Crippen molar-refractivity contribution in [1.29, 1.82) is 0 Å². The Kier molecular flexibility index (Phi) is 68.2. The van der Waals surface area contributed by atoms with Crippen LogP contribution in [0.1, 0.15) is 446 Å². The van der Waals surface area contributed by atoms with Crippen LogP contribution in [-0.4, -0.2) is 205 Å². The van der Waals surface area contributed by atoms with Gasteiger partial charge in [-0.3, -0.25) is 28.2 Å². The van der Waals surface area contributed by atoms with Gasteiger partial charge in [-0.15, -0.1) is 0 Å². The molecule has 2 saturated heterocycles. The third-order valence-corrected chi connectivity index (χ3v) is 25.7. The van der Waals surface area contributed by atoms with E-state index in [1.165, 1.54) is 225 Å². The minimum Gasteiger partial charge on any atom is -0.463 e. The van der Waals surface area contributed by atoms with Crippen LogP contribution in [0.25, 0.3) is 0 Å². The van der Waals surface area contributed by atoms with Crippen LogP contribution in [0, 0.1) is 5.92 Å². The molecular formula is C95H179O25P. The van der Waals surface area contributed by atoms with E-state index in [1.54, 1.807) is 0 Å². The van der Waals surface area contributed by atoms with Gasteiger partial charge >= 0.3 is 31.7 Å². The van der Waals surface area contributed by atoms with E-state index in [-0.39, 0.29) is 25.7 Å². The molecule has 0 amide bonds. The Morgan fingerprint density at radius 2 is 0.620 bits per heavy atom. The maximum absolute atomic E-state index is 14.9. The summed E-state index contributed by atoms with van der Waals surface area (Å²) in [6, 6.07) is 0. The Morgan fingerprint density at radius 3 is 0.983 bits per heavy atom. The van der Waals surface area contributed by atoms with Gasteiger partial charge in [0.2, 0.25) is 0 Å². The van der Waals surface area contributed by atoms with Crippen LogP contribution >= 0.6 is 7.82 Å². The lowest BCUT2D eigenvalue weighted by atomic mass is 9.84. The summed E-state index contributed by atoms with van der Waals surface area (Å²) in [5.41, 5.74) is 0. The van der Waals surface area contributed by atoms with Crippen LogP contribution < -0.4 is 0 Å². The van der Waals surface area contributed by atoms with Gasteiger partial charge in [0.15, 0.2) is 24.8 Å². The summed E-state index contributed by atoms with van der Waals surface area (Å²) in [5.74, 6) is -2.31. The average molecular weight is 1750 g/mol. The number of unbranched alkanes of at least 4 members (excludes halogenated alkanes) is 53. The highest BCUT2D eigenvalue weighted by molar-refractivity contribution is 7.47. The highest BCUT2D eigenvalue weighted by Gasteiger charge is 2.60. The van der Waals surface area contributed by atoms with Crippen molar-refractivity contribution in [3.05, 3.63) is 0 Å². The number of phosphoric ester groups is 1. The maximum atomic E-state index is 14.9. The van der Waals surface area contributed by atoms with Gasteiger partial charge < -0.3 is 88.7 Å². The highest BCUT2D eigenvalue weighted by atomic mass is 31.2. The van der Waals surface area contributed by atoms with Crippen LogP contribution in [-0.2, 0) is 70.7 Å². The number of carbonyl (C=O) groups is 4. The Balaban J connectivity index is 1.90. The molecule has 0 aromatic heterocycles. The molecule has 25 nitrogen and oxygen atoms in total. The van der Waals surface area contributed by atoms with E-state index in [4.69, 9.17) is 46.9 Å². The second kappa shape index (κ2) is 73.3. The first-order chi connectivity index (χ1) is 58.6. The lowest BCUT2D eigenvalue weighted by Crippen LogP contribution is -2.70. The van der Waals surface area contributed by atoms with Gasteiger partial charge in [0.1, 0.15) is 92.6 Å². The summed E-state index contributed by atoms with van der Waals surface area (Å²) in [5, 5.41) is 103. The third-order valence-electron chi connectivity index (χ3n) is 24.8. The smallest absolute Gasteiger partial charge is 0.463 e. The lowest BCUT2D eigenvalue weighted by Gasteiger charge is -2.50. The van der Waals surface area contributed by atoms with Crippen molar-refractivity contribution in [1.82, 2.24) is 0 Å². The van der Waals surface area contributed by atoms with Crippen LogP contribution in [0.15, 0.2) is 0 Å². The quantitative estimate of drug-likeness (QED) is 0.0117. The van der Waals surface area contributed by atoms with E-state index in [0.717, 1.165) is 128 Å². The molecule has 0 aromatic rings. The summed E-state index contributed by atoms with van der Waals surface area (Å²) in [7, 11) is -5.81. The zero-order valence-corrected chi connectivity index (χ0v) is 77.4. The number of aliphatic hydroxyl groups excluding tert-OH is 9. The summed E-state index contributed by atoms with van der Waals surface area (Å²) in [6.45, 7) is 7.96. The molecule has 3 aliphatic rings. The second-order valence-corrected chi connectivity index (χ2v) is 37.3. The standard InChI is InChI=1S/C95H179O25P/c1-6-10-14-18-22-25-28-31-34-37-40-43-46-49-56-62-68-80(99)114-75(71-111-78(97)66-60-54-47-44-41-38-35-32-29-26-23-19-15-11-7-2)72-113-121(109,110)120-93-91(118-94-88(107)84(103)82(101)76(70-96)115-94)87(106)86(105)90(117-81(100)69-63-57-51-50-53-59-65-74(5)64-58-52-21-17-13-9-4)92(93)119-95-89(108)85(104)83(102)77(116-95)73-112-79(98)67-61-55-48-45-42-39-36-33-30-27-24-20-16-12-8-3/h74-77,82-96,101-108H,6-73H2,1-5H3,(H,109,110). The number of hydrogen-bond donors (Lipinski definition) is 10. The first-order valence-corrected chi connectivity index (χ1v) is 51.2. The topological polar surface area (TPSA) is 380 Å². The second-order valence-electron chi connectivity index (χ2n) is 35.9. The number of carbonyl (C=O) groups excluding carboxylic acids is 4. The molecule has 0 spiro atoms. The molecule has 3 rings (SSSR count). The third kappa shape index (κ3) is 53.3. The molecule has 10 N–H and O–H groups in total. The van der Waals surface area contributed by atoms with Crippen LogP contribution in [0.5, 0.6) is 0 Å². The molecule has 714 valence electrons. The number of rotatable bonds is 81. The molecule has 26 heteroatoms. The molecular weight excluding hydrogens is 1570 g/mol. The first-order valence-electron chi connectivity index (χ1n) is 49.7. The molecule has 19 atom stereocenters. The predicted octanol–water partition coefficient (Wildman–Crippen LogP) is 19.2. The number of ether oxygens (including phenoxy) is 8. The van der Waals surface area contributed by atoms with Gasteiger partial charge in [-0.1, -0.05) is 394 Å². The van der Waals surface area contributed by atoms with Crippen LogP contribution in [0.4, 0.5) is 0 Å². The fraction of sp³-hybridized carbons (Fsp3) is 0.958. The van der Waals surface area contributed by atoms with Crippen molar-refractivity contribution in [2.24, 2.45) is 5.92 Å². The van der Waals surface area contributed by atoms with Crippen LogP contribution in [0.2, 0.25) is 0 Å². The fourth-order valence-electron chi connectivity index (χ4n) is 16.8. The first kappa shape index (κ1) is 113. The molecule has 1 aliphatic carbocycles. The van der Waals surface area contributed by atoms with E-state index < -0.39 is 162 Å². The van der Waals surface area contributed by atoms with Gasteiger partial charge in [0, 0.05) is 25.7 Å². The summed E-state index contributed by atoms with van der Waals surface area (Å²) >= 11 is 0. The van der Waals surface area contributed by atoms with Gasteiger partial charge in [-0.2, -0.15) is 0 Å². The number of phosphoric acid groups is 1. The predicted molar refractivity (Wildman–Crippen MR) is 472 cm³/mol. The largest absolute Gasteiger partial charge is 0.472 e. The van der Waals surface area contributed by atoms with Crippen molar-refractivity contribution in [3.63, 3.8) is 0 Å². The minimum atomic E-state index is -5.81. The number of hydrogen-bond acceptors (Lipinski definition) is 24. The van der Waals surface area contributed by atoms with Crippen molar-refractivity contribution in [2.45, 2.75) is 550 Å². The average Bonchev–Trinajstić information content (AvgIpc) is 0.754. The monoisotopic (exact) mass is 1750 g/mol. The summed E-state index contributed by atoms with van der Waals surface area (Å²) in [6.07, 6.45) is 30.7. The van der Waals surface area contributed by atoms with E-state index in [2.05, 4.69) is 34.6 Å². The molecule has 3 fully saturated rings. The molecule has 1 saturated carbocycles. The summed E-state index contributed by atoms with van der Waals surface area (Å²) in [4.78, 5) is 66.7. The fourth-order valence-corrected chi connectivity index (χ4v) is 17.8. The lowest BCUT2D eigenvalue weighted by molar-refractivity contribution is -0.360. The molecule has 2 aliphatic heterocycles. The Hall–Kier alpha value is -2.53. The zero-order valence-electron chi connectivity index (χ0n) is 76.5. The normalized spacial score (nSPS) is 24.8. The number of esters is 4. The van der Waals surface area contributed by atoms with Crippen molar-refractivity contribution in [3.8, 4) is 0 Å². The van der Waals surface area contributed by atoms with Gasteiger partial charge in [-0.25, -0.2) is 4.57 Å². The summed E-state index contributed by atoms with van der Waals surface area (Å²) < 4.78 is 73.7. The molecule has 0 aromatic carbocycles. The van der Waals surface area contributed by atoms with Crippen molar-refractivity contribution in [2.75, 3.05) is 26.4 Å². The Morgan fingerprint density at radius 1 is 0.322 bits per heavy atom. The van der Waals surface area contributed by atoms with Gasteiger partial charge in [-0.05, 0) is 31.6 Å². The van der Waals surface area contributed by atoms with E-state index in [1.807, 2.05) is 0 Å². The SMILES string of the molecule is CCCCCCCCCCCCCCCCCCC(=O)OC(COC(=O)CCCCCCCCCCCCCCCCC)COP(=O)(O)OC1C(OC2OC(CO)C(O)C(O)C2O)C(O)C(O)C(OC(=O)CCCCCCCCC(C)CCCCCCCC)C1OC1OC(COC(=O)CCCCCCCCCCCCCCCCC)C(O)C(O)C1O. The van der Waals surface area contributed by atoms with Crippen molar-refractivity contribution >= 4 is 31.7 Å². The van der Waals surface area contributed by atoms with Gasteiger partial charge in [0.05, 0.1) is 13.2 Å². The Bertz CT molecular complexity index is 2520. The van der Waals surface area contributed by atoms with Crippen molar-refractivity contribution < 1.29 is 122 Å². The minimum absolute atomic E-state index is 0.0197. The molecule has 0 bridgehead atoms. The molecule has 19 unspecified atom stereocenters. The maximum Gasteiger partial charge on any atom is 0.472 e. The molecule has 0 radical (unpaired) electrons. The number of aliphatic hydroxyl groups is 9. The zero-order chi connectivity index (χ0) is 88.4. The Labute approximate surface area is 731 Å².